The zero-order valence-electron chi connectivity index (χ0n) is 39.7. The van der Waals surface area contributed by atoms with E-state index in [1.165, 1.54) is 153 Å². The summed E-state index contributed by atoms with van der Waals surface area (Å²) in [7, 11) is 0. The van der Waals surface area contributed by atoms with Crippen LogP contribution in [0.15, 0.2) is 255 Å². The van der Waals surface area contributed by atoms with Crippen LogP contribution in [0.5, 0.6) is 0 Å². The van der Waals surface area contributed by atoms with E-state index in [2.05, 4.69) is 255 Å². The molecule has 0 fully saturated rings. The van der Waals surface area contributed by atoms with Gasteiger partial charge < -0.3 is 0 Å². The average molecular weight is 911 g/mol. The van der Waals surface area contributed by atoms with Crippen LogP contribution in [0.1, 0.15) is 22.3 Å². The topological polar surface area (TPSA) is 0 Å². The van der Waals surface area contributed by atoms with Crippen LogP contribution in [-0.4, -0.2) is 0 Å². The molecule has 0 heteroatoms. The second-order valence-corrected chi connectivity index (χ2v) is 19.9. The first-order valence-electron chi connectivity index (χ1n) is 25.3. The van der Waals surface area contributed by atoms with E-state index >= 15 is 0 Å². The van der Waals surface area contributed by atoms with E-state index < -0.39 is 0 Å². The van der Waals surface area contributed by atoms with Crippen molar-refractivity contribution in [2.75, 3.05) is 0 Å². The van der Waals surface area contributed by atoms with Gasteiger partial charge in [-0.05, 0) is 190 Å². The van der Waals surface area contributed by atoms with Gasteiger partial charge in [-0.3, -0.25) is 0 Å². The maximum Gasteiger partial charge on any atom is -0.00141 e. The predicted molar refractivity (Wildman–Crippen MR) is 309 cm³/mol. The van der Waals surface area contributed by atoms with Gasteiger partial charge in [0.15, 0.2) is 0 Å². The van der Waals surface area contributed by atoms with Crippen molar-refractivity contribution in [1.29, 1.82) is 0 Å². The van der Waals surface area contributed by atoms with Gasteiger partial charge in [0.1, 0.15) is 0 Å². The molecule has 0 nitrogen and oxygen atoms in total. The van der Waals surface area contributed by atoms with Gasteiger partial charge in [0.25, 0.3) is 0 Å². The fraction of sp³-hybridized carbons (Fsp3) is 0.0278. The molecule has 0 heterocycles. The third kappa shape index (κ3) is 6.39. The predicted octanol–water partition coefficient (Wildman–Crippen LogP) is 19.6. The largest absolute Gasteiger partial charge is 0.0622 e. The molecule has 0 spiro atoms. The van der Waals surface area contributed by atoms with Crippen LogP contribution < -0.4 is 0 Å². The van der Waals surface area contributed by atoms with Crippen LogP contribution in [0.25, 0.3) is 131 Å². The highest BCUT2D eigenvalue weighted by Crippen LogP contribution is 2.47. The minimum absolute atomic E-state index is 0.809. The van der Waals surface area contributed by atoms with Crippen molar-refractivity contribution in [3.8, 4) is 44.5 Å². The summed E-state index contributed by atoms with van der Waals surface area (Å²) >= 11 is 0. The van der Waals surface area contributed by atoms with E-state index in [9.17, 15) is 0 Å². The molecule has 0 amide bonds. The molecule has 0 aliphatic rings. The lowest BCUT2D eigenvalue weighted by Gasteiger charge is -2.20. The van der Waals surface area contributed by atoms with Crippen LogP contribution in [0.2, 0.25) is 0 Å². The fourth-order valence-electron chi connectivity index (χ4n) is 12.7. The van der Waals surface area contributed by atoms with Gasteiger partial charge >= 0.3 is 0 Å². The van der Waals surface area contributed by atoms with E-state index in [1.807, 2.05) is 0 Å². The van der Waals surface area contributed by atoms with Gasteiger partial charge in [-0.15, -0.1) is 0 Å². The molecule has 0 saturated carbocycles. The second-order valence-electron chi connectivity index (χ2n) is 19.9. The highest BCUT2D eigenvalue weighted by atomic mass is 14.2. The molecule has 15 rings (SSSR count). The van der Waals surface area contributed by atoms with Crippen molar-refractivity contribution in [2.24, 2.45) is 0 Å². The van der Waals surface area contributed by atoms with Crippen LogP contribution in [0, 0.1) is 0 Å². The van der Waals surface area contributed by atoms with E-state index in [1.54, 1.807) is 0 Å². The summed E-state index contributed by atoms with van der Waals surface area (Å²) in [6.07, 6.45) is 1.62. The quantitative estimate of drug-likeness (QED) is 0.105. The van der Waals surface area contributed by atoms with Crippen LogP contribution >= 0.6 is 0 Å². The van der Waals surface area contributed by atoms with Crippen LogP contribution in [-0.2, 0) is 12.8 Å². The number of hydrogen-bond acceptors (Lipinski definition) is 0. The summed E-state index contributed by atoms with van der Waals surface area (Å²) in [5.41, 5.74) is 15.2. The maximum absolute atomic E-state index is 2.52. The molecule has 0 aliphatic carbocycles. The first-order valence-corrected chi connectivity index (χ1v) is 25.3. The molecule has 0 radical (unpaired) electrons. The lowest BCUT2D eigenvalue weighted by atomic mass is 9.83. The minimum atomic E-state index is 0.809. The average Bonchev–Trinajstić information content (AvgIpc) is 3.44. The molecule has 0 bridgehead atoms. The molecule has 0 N–H and O–H groups in total. The molecule has 0 saturated heterocycles. The molecular weight excluding hydrogens is 865 g/mol. The SMILES string of the molecule is c1ccc(Cc2cc(-c3cccc(-c4ccc5cccc6c7cccc8cccc(c4c56)c87)c3)c(Cc3ccccc3)cc2-c2cccc(-c3ccc4cccc5c6cccc7cccc(c3c45)c76)c2)cc1. The zero-order chi connectivity index (χ0) is 47.3. The van der Waals surface area contributed by atoms with Gasteiger partial charge in [-0.2, -0.15) is 0 Å². The number of fused-ring (bicyclic) bond motifs is 4. The Balaban J connectivity index is 0.946. The van der Waals surface area contributed by atoms with E-state index in [0.29, 0.717) is 0 Å². The highest BCUT2D eigenvalue weighted by Gasteiger charge is 2.21. The van der Waals surface area contributed by atoms with Gasteiger partial charge in [0.05, 0.1) is 0 Å². The Bertz CT molecular complexity index is 4290. The molecule has 0 atom stereocenters. The van der Waals surface area contributed by atoms with Crippen LogP contribution in [0.4, 0.5) is 0 Å². The minimum Gasteiger partial charge on any atom is -0.0622 e. The van der Waals surface area contributed by atoms with Crippen molar-refractivity contribution >= 4 is 86.2 Å². The van der Waals surface area contributed by atoms with E-state index in [-0.39, 0.29) is 0 Å². The molecular formula is C72H46. The van der Waals surface area contributed by atoms with Crippen molar-refractivity contribution in [2.45, 2.75) is 12.8 Å². The molecule has 0 aromatic heterocycles. The Labute approximate surface area is 418 Å². The Hall–Kier alpha value is -9.10. The molecule has 15 aromatic rings. The third-order valence-electron chi connectivity index (χ3n) is 15.8. The van der Waals surface area contributed by atoms with E-state index in [4.69, 9.17) is 0 Å². The Kier molecular flexibility index (Phi) is 9.19. The monoisotopic (exact) mass is 910 g/mol. The second kappa shape index (κ2) is 16.2. The number of rotatable bonds is 8. The number of benzene rings is 15. The Morgan fingerprint density at radius 2 is 0.514 bits per heavy atom. The smallest absolute Gasteiger partial charge is 0.00141 e. The van der Waals surface area contributed by atoms with Crippen molar-refractivity contribution < 1.29 is 0 Å². The summed E-state index contributed by atoms with van der Waals surface area (Å²) in [6.45, 7) is 0. The van der Waals surface area contributed by atoms with Gasteiger partial charge in [0.2, 0.25) is 0 Å². The molecule has 0 unspecified atom stereocenters. The van der Waals surface area contributed by atoms with Crippen LogP contribution in [0.3, 0.4) is 0 Å². The van der Waals surface area contributed by atoms with Gasteiger partial charge in [-0.1, -0.05) is 231 Å². The summed E-state index contributed by atoms with van der Waals surface area (Å²) in [5.74, 6) is 0. The van der Waals surface area contributed by atoms with E-state index in [0.717, 1.165) is 12.8 Å². The van der Waals surface area contributed by atoms with Crippen molar-refractivity contribution in [3.05, 3.63) is 277 Å². The fourth-order valence-corrected chi connectivity index (χ4v) is 12.7. The summed E-state index contributed by atoms with van der Waals surface area (Å²) < 4.78 is 0. The molecule has 0 aliphatic heterocycles. The number of hydrogen-bond donors (Lipinski definition) is 0. The van der Waals surface area contributed by atoms with Crippen molar-refractivity contribution in [3.63, 3.8) is 0 Å². The molecule has 334 valence electrons. The first kappa shape index (κ1) is 40.8. The zero-order valence-corrected chi connectivity index (χ0v) is 39.7. The lowest BCUT2D eigenvalue weighted by molar-refractivity contribution is 1.16. The summed E-state index contributed by atoms with van der Waals surface area (Å²) in [4.78, 5) is 0. The summed E-state index contributed by atoms with van der Waals surface area (Å²) in [6, 6.07) is 95.9. The highest BCUT2D eigenvalue weighted by molar-refractivity contribution is 6.36. The normalized spacial score (nSPS) is 12.0. The first-order chi connectivity index (χ1) is 35.7. The molecule has 72 heavy (non-hydrogen) atoms. The third-order valence-corrected chi connectivity index (χ3v) is 15.8. The van der Waals surface area contributed by atoms with Crippen molar-refractivity contribution in [1.82, 2.24) is 0 Å². The Morgan fingerprint density at radius 1 is 0.194 bits per heavy atom. The van der Waals surface area contributed by atoms with Gasteiger partial charge in [0, 0.05) is 0 Å². The Morgan fingerprint density at radius 3 is 0.903 bits per heavy atom. The summed E-state index contributed by atoms with van der Waals surface area (Å²) in [5, 5.41) is 21.0. The standard InChI is InChI=1S/C72H46/c1-3-15-45(16-4-1)39-55-43-66(54-28-8-26-52(42-54)58-38-36-50-24-12-32-62-60-30-10-20-48-22-14-34-64(68(48)60)72(58)70(50)62)56(40-46-17-5-2-6-18-46)44-65(55)53-27-7-25-51(41-53)57-37-35-49-23-11-31-61-59-29-9-19-47-21-13-33-63(67(47)59)71(57)69(49)61/h1-38,41-44H,39-40H2. The van der Waals surface area contributed by atoms with Gasteiger partial charge in [-0.25, -0.2) is 0 Å². The molecule has 15 aromatic carbocycles. The maximum atomic E-state index is 2.52. The lowest BCUT2D eigenvalue weighted by Crippen LogP contribution is -2.00.